The van der Waals surface area contributed by atoms with Gasteiger partial charge >= 0.3 is 0 Å². The maximum atomic E-state index is 12.9. The molecule has 4 amide bonds. The number of benzene rings is 1. The third kappa shape index (κ3) is 2.39. The van der Waals surface area contributed by atoms with Gasteiger partial charge in [0.25, 0.3) is 11.8 Å². The molecule has 0 saturated carbocycles. The Hall–Kier alpha value is -2.78. The zero-order valence-corrected chi connectivity index (χ0v) is 15.1. The van der Waals surface area contributed by atoms with Crippen LogP contribution in [0.1, 0.15) is 40.0 Å². The van der Waals surface area contributed by atoms with E-state index in [2.05, 4.69) is 10.2 Å². The molecule has 28 heavy (non-hydrogen) atoms. The Labute approximate surface area is 160 Å². The summed E-state index contributed by atoms with van der Waals surface area (Å²) in [4.78, 5) is 54.5. The number of aliphatic hydroxyl groups excluding tert-OH is 1. The highest BCUT2D eigenvalue weighted by Gasteiger charge is 2.46. The third-order valence-electron chi connectivity index (χ3n) is 6.29. The van der Waals surface area contributed by atoms with Crippen molar-refractivity contribution in [3.05, 3.63) is 29.3 Å². The molecule has 4 aliphatic rings. The molecule has 3 saturated heterocycles. The van der Waals surface area contributed by atoms with E-state index in [1.54, 1.807) is 12.1 Å². The van der Waals surface area contributed by atoms with Crippen molar-refractivity contribution in [2.24, 2.45) is 0 Å². The van der Waals surface area contributed by atoms with Crippen molar-refractivity contribution in [3.63, 3.8) is 0 Å². The van der Waals surface area contributed by atoms with Crippen molar-refractivity contribution in [2.45, 2.75) is 37.4 Å². The van der Waals surface area contributed by atoms with Gasteiger partial charge in [-0.25, -0.2) is 0 Å². The predicted molar refractivity (Wildman–Crippen MR) is 96.4 cm³/mol. The average molecular weight is 384 g/mol. The summed E-state index contributed by atoms with van der Waals surface area (Å²) >= 11 is 0. The number of hydrogen-bond donors (Lipinski definition) is 2. The van der Waals surface area contributed by atoms with Crippen molar-refractivity contribution >= 4 is 29.3 Å². The lowest BCUT2D eigenvalue weighted by molar-refractivity contribution is -0.136. The van der Waals surface area contributed by atoms with Gasteiger partial charge in [-0.05, 0) is 31.0 Å². The van der Waals surface area contributed by atoms with Gasteiger partial charge in [-0.1, -0.05) is 0 Å². The van der Waals surface area contributed by atoms with E-state index >= 15 is 0 Å². The molecule has 2 N–H and O–H groups in total. The molecule has 1 aromatic rings. The van der Waals surface area contributed by atoms with Crippen molar-refractivity contribution < 1.29 is 24.3 Å². The van der Waals surface area contributed by atoms with E-state index in [4.69, 9.17) is 0 Å². The highest BCUT2D eigenvalue weighted by atomic mass is 16.3. The number of aliphatic hydroxyl groups is 1. The third-order valence-corrected chi connectivity index (χ3v) is 6.29. The van der Waals surface area contributed by atoms with E-state index in [-0.39, 0.29) is 31.5 Å². The van der Waals surface area contributed by atoms with Crippen molar-refractivity contribution in [3.8, 4) is 0 Å². The molecule has 5 rings (SSSR count). The number of amides is 4. The minimum atomic E-state index is -0.950. The van der Waals surface area contributed by atoms with Crippen LogP contribution in [0.5, 0.6) is 0 Å². The fourth-order valence-corrected chi connectivity index (χ4v) is 4.88. The fraction of sp³-hybridized carbons (Fsp3) is 0.474. The van der Waals surface area contributed by atoms with Gasteiger partial charge in [-0.2, -0.15) is 0 Å². The molecule has 0 aromatic heterocycles. The van der Waals surface area contributed by atoms with E-state index in [0.29, 0.717) is 17.2 Å². The highest BCUT2D eigenvalue weighted by Crippen LogP contribution is 2.37. The first kappa shape index (κ1) is 17.3. The predicted octanol–water partition coefficient (Wildman–Crippen LogP) is -0.699. The van der Waals surface area contributed by atoms with Gasteiger partial charge < -0.3 is 10.0 Å². The average Bonchev–Trinajstić information content (AvgIpc) is 3.35. The molecular formula is C19H20N4O5. The molecule has 4 aliphatic heterocycles. The van der Waals surface area contributed by atoms with Crippen LogP contribution in [0.3, 0.4) is 0 Å². The second-order valence-electron chi connectivity index (χ2n) is 7.79. The Balaban J connectivity index is 1.41. The molecule has 0 spiro atoms. The minimum absolute atomic E-state index is 0.0487. The molecule has 1 unspecified atom stereocenters. The molecule has 3 atom stereocenters. The smallest absolute Gasteiger partial charge is 0.262 e. The van der Waals surface area contributed by atoms with Gasteiger partial charge in [0.15, 0.2) is 0 Å². The van der Waals surface area contributed by atoms with Crippen LogP contribution in [-0.2, 0) is 9.59 Å². The second kappa shape index (κ2) is 6.11. The lowest BCUT2D eigenvalue weighted by Crippen LogP contribution is -2.54. The number of carbonyl (C=O) groups is 4. The van der Waals surface area contributed by atoms with Crippen molar-refractivity contribution in [1.29, 1.82) is 0 Å². The number of anilines is 1. The molecule has 9 nitrogen and oxygen atoms in total. The molecule has 4 heterocycles. The first-order valence-corrected chi connectivity index (χ1v) is 9.45. The number of rotatable bonds is 3. The summed E-state index contributed by atoms with van der Waals surface area (Å²) in [5.74, 6) is -1.97. The molecule has 2 bridgehead atoms. The molecule has 9 heteroatoms. The SMILES string of the molecule is O=C1CCC(N2C(=O)c3ccc(N4C[C@H]5C[C@@H]4CN5CO)cc3C2=O)C(=O)N1. The maximum absolute atomic E-state index is 12.9. The van der Waals surface area contributed by atoms with Gasteiger partial charge in [0.2, 0.25) is 11.8 Å². The summed E-state index contributed by atoms with van der Waals surface area (Å²) in [5.41, 5.74) is 1.46. The first-order valence-electron chi connectivity index (χ1n) is 9.45. The normalized spacial score (nSPS) is 29.7. The number of piperazine rings is 1. The van der Waals surface area contributed by atoms with Gasteiger partial charge in [-0.15, -0.1) is 0 Å². The lowest BCUT2D eigenvalue weighted by Gasteiger charge is -2.34. The number of nitrogens with zero attached hydrogens (tertiary/aromatic N) is 3. The quantitative estimate of drug-likeness (QED) is 0.663. The zero-order valence-electron chi connectivity index (χ0n) is 15.1. The summed E-state index contributed by atoms with van der Waals surface area (Å²) in [6.45, 7) is 1.59. The molecular weight excluding hydrogens is 364 g/mol. The Morgan fingerprint density at radius 2 is 1.82 bits per heavy atom. The summed E-state index contributed by atoms with van der Waals surface area (Å²) < 4.78 is 0. The van der Waals surface area contributed by atoms with E-state index in [1.165, 1.54) is 0 Å². The van der Waals surface area contributed by atoms with Gasteiger partial charge in [-0.3, -0.25) is 34.3 Å². The molecule has 0 radical (unpaired) electrons. The largest absolute Gasteiger partial charge is 0.381 e. The zero-order chi connectivity index (χ0) is 19.6. The van der Waals surface area contributed by atoms with Crippen molar-refractivity contribution in [1.82, 2.24) is 15.1 Å². The number of carbonyl (C=O) groups excluding carboxylic acids is 4. The van der Waals surface area contributed by atoms with Crippen LogP contribution < -0.4 is 10.2 Å². The van der Waals surface area contributed by atoms with Crippen molar-refractivity contribution in [2.75, 3.05) is 24.7 Å². The topological polar surface area (TPSA) is 110 Å². The Morgan fingerprint density at radius 1 is 1.04 bits per heavy atom. The number of piperidine rings is 1. The maximum Gasteiger partial charge on any atom is 0.262 e. The number of hydrogen-bond acceptors (Lipinski definition) is 7. The van der Waals surface area contributed by atoms with Crippen LogP contribution in [-0.4, -0.2) is 76.5 Å². The first-order chi connectivity index (χ1) is 13.5. The van der Waals surface area contributed by atoms with Crippen LogP contribution in [0, 0.1) is 0 Å². The summed E-state index contributed by atoms with van der Waals surface area (Å²) in [5, 5.41) is 11.6. The number of imide groups is 2. The van der Waals surface area contributed by atoms with Crippen LogP contribution in [0.4, 0.5) is 5.69 Å². The highest BCUT2D eigenvalue weighted by molar-refractivity contribution is 6.23. The summed E-state index contributed by atoms with van der Waals surface area (Å²) in [6, 6.07) is 4.82. The van der Waals surface area contributed by atoms with E-state index in [0.717, 1.165) is 30.1 Å². The summed E-state index contributed by atoms with van der Waals surface area (Å²) in [6.07, 6.45) is 1.22. The fourth-order valence-electron chi connectivity index (χ4n) is 4.88. The van der Waals surface area contributed by atoms with Gasteiger partial charge in [0.1, 0.15) is 6.04 Å². The second-order valence-corrected chi connectivity index (χ2v) is 7.79. The van der Waals surface area contributed by atoms with Crippen LogP contribution in [0.2, 0.25) is 0 Å². The number of fused-ring (bicyclic) bond motifs is 3. The van der Waals surface area contributed by atoms with Gasteiger partial charge in [0, 0.05) is 37.3 Å². The number of likely N-dealkylation sites (tertiary alicyclic amines) is 1. The minimum Gasteiger partial charge on any atom is -0.381 e. The molecule has 0 aliphatic carbocycles. The monoisotopic (exact) mass is 384 g/mol. The van der Waals surface area contributed by atoms with Crippen LogP contribution in [0.15, 0.2) is 18.2 Å². The molecule has 3 fully saturated rings. The Kier molecular flexibility index (Phi) is 3.78. The van der Waals surface area contributed by atoms with Crippen LogP contribution in [0.25, 0.3) is 0 Å². The number of nitrogens with one attached hydrogen (secondary N) is 1. The molecule has 146 valence electrons. The molecule has 1 aromatic carbocycles. The van der Waals surface area contributed by atoms with E-state index in [1.807, 2.05) is 11.0 Å². The lowest BCUT2D eigenvalue weighted by atomic mass is 10.0. The Morgan fingerprint density at radius 3 is 2.50 bits per heavy atom. The summed E-state index contributed by atoms with van der Waals surface area (Å²) in [7, 11) is 0. The Bertz CT molecular complexity index is 916. The van der Waals surface area contributed by atoms with Gasteiger partial charge in [0.05, 0.1) is 17.9 Å². The van der Waals surface area contributed by atoms with E-state index in [9.17, 15) is 24.3 Å². The standard InChI is InChI=1S/C19H20N4O5/c24-9-21-7-12-5-11(21)8-22(12)10-1-2-13-14(6-10)19(28)23(18(13)27)15-3-4-16(25)20-17(15)26/h1-2,6,11-12,15,24H,3-5,7-9H2,(H,20,25,26)/t11-,12-,15?/m1/s1. The van der Waals surface area contributed by atoms with E-state index < -0.39 is 23.8 Å². The van der Waals surface area contributed by atoms with Crippen LogP contribution >= 0.6 is 0 Å².